The van der Waals surface area contributed by atoms with Crippen molar-refractivity contribution in [2.24, 2.45) is 11.8 Å². The predicted molar refractivity (Wildman–Crippen MR) is 94.1 cm³/mol. The zero-order valence-corrected chi connectivity index (χ0v) is 15.3. The number of carbonyl (C=O) groups excluding carboxylic acids is 2. The molecule has 1 aliphatic heterocycles. The number of hydrogen-bond donors (Lipinski definition) is 0. The fourth-order valence-corrected chi connectivity index (χ4v) is 3.59. The van der Waals surface area contributed by atoms with Crippen LogP contribution in [0.25, 0.3) is 0 Å². The molecule has 23 heavy (non-hydrogen) atoms. The SMILES string of the molecule is CCCC(CC)CCCCCCCCCCC1CC(=O)OC1=O. The Hall–Kier alpha value is -0.860. The van der Waals surface area contributed by atoms with E-state index < -0.39 is 0 Å². The van der Waals surface area contributed by atoms with E-state index in [2.05, 4.69) is 18.6 Å². The van der Waals surface area contributed by atoms with Crippen LogP contribution < -0.4 is 0 Å². The molecule has 0 N–H and O–H groups in total. The lowest BCUT2D eigenvalue weighted by Gasteiger charge is -2.13. The number of cyclic esters (lactones) is 2. The molecule has 1 heterocycles. The number of unbranched alkanes of at least 4 members (excludes halogenated alkanes) is 7. The lowest BCUT2D eigenvalue weighted by Crippen LogP contribution is -2.06. The first-order valence-corrected chi connectivity index (χ1v) is 9.91. The van der Waals surface area contributed by atoms with Gasteiger partial charge in [-0.3, -0.25) is 9.59 Å². The van der Waals surface area contributed by atoms with E-state index >= 15 is 0 Å². The molecule has 1 rings (SSSR count). The van der Waals surface area contributed by atoms with Gasteiger partial charge in [-0.15, -0.1) is 0 Å². The van der Waals surface area contributed by atoms with Crippen LogP contribution in [0.1, 0.15) is 104 Å². The first-order chi connectivity index (χ1) is 11.2. The van der Waals surface area contributed by atoms with Gasteiger partial charge in [0.2, 0.25) is 0 Å². The van der Waals surface area contributed by atoms with E-state index in [4.69, 9.17) is 0 Å². The molecule has 1 saturated heterocycles. The summed E-state index contributed by atoms with van der Waals surface area (Å²) in [7, 11) is 0. The third-order valence-corrected chi connectivity index (χ3v) is 5.15. The Morgan fingerprint density at radius 3 is 2.04 bits per heavy atom. The van der Waals surface area contributed by atoms with Crippen molar-refractivity contribution in [3.63, 3.8) is 0 Å². The molecular formula is C20H36O3. The van der Waals surface area contributed by atoms with Crippen LogP contribution in [0.4, 0.5) is 0 Å². The topological polar surface area (TPSA) is 43.4 Å². The van der Waals surface area contributed by atoms with Crippen LogP contribution in [0, 0.1) is 11.8 Å². The van der Waals surface area contributed by atoms with E-state index in [1.807, 2.05) is 0 Å². The second kappa shape index (κ2) is 12.5. The van der Waals surface area contributed by atoms with Crippen molar-refractivity contribution in [1.29, 1.82) is 0 Å². The lowest BCUT2D eigenvalue weighted by atomic mass is 9.93. The smallest absolute Gasteiger partial charge is 0.317 e. The van der Waals surface area contributed by atoms with Gasteiger partial charge in [-0.2, -0.15) is 0 Å². The molecule has 134 valence electrons. The van der Waals surface area contributed by atoms with Crippen molar-refractivity contribution >= 4 is 11.9 Å². The molecule has 0 amide bonds. The molecule has 0 spiro atoms. The Balaban J connectivity index is 1.85. The number of hydrogen-bond acceptors (Lipinski definition) is 3. The first-order valence-electron chi connectivity index (χ1n) is 9.91. The van der Waals surface area contributed by atoms with Crippen LogP contribution in [0.2, 0.25) is 0 Å². The minimum Gasteiger partial charge on any atom is -0.393 e. The van der Waals surface area contributed by atoms with Gasteiger partial charge in [-0.25, -0.2) is 0 Å². The first kappa shape index (κ1) is 20.2. The van der Waals surface area contributed by atoms with Crippen molar-refractivity contribution in [2.45, 2.75) is 104 Å². The van der Waals surface area contributed by atoms with Crippen LogP contribution >= 0.6 is 0 Å². The standard InChI is InChI=1S/C20H36O3/c1-3-13-17(4-2)14-11-9-7-5-6-8-10-12-15-18-16-19(21)23-20(18)22/h17-18H,3-16H2,1-2H3. The highest BCUT2D eigenvalue weighted by molar-refractivity contribution is 5.94. The third-order valence-electron chi connectivity index (χ3n) is 5.15. The second-order valence-electron chi connectivity index (χ2n) is 7.16. The van der Waals surface area contributed by atoms with Crippen LogP contribution in [0.15, 0.2) is 0 Å². The van der Waals surface area contributed by atoms with E-state index in [1.54, 1.807) is 0 Å². The van der Waals surface area contributed by atoms with Crippen molar-refractivity contribution in [3.8, 4) is 0 Å². The summed E-state index contributed by atoms with van der Waals surface area (Å²) >= 11 is 0. The summed E-state index contributed by atoms with van der Waals surface area (Å²) in [5, 5.41) is 0. The number of esters is 2. The zero-order chi connectivity index (χ0) is 16.9. The van der Waals surface area contributed by atoms with Gasteiger partial charge in [0.15, 0.2) is 0 Å². The summed E-state index contributed by atoms with van der Waals surface area (Å²) in [5.74, 6) is 0.152. The molecule has 0 aromatic heterocycles. The normalized spacial score (nSPS) is 19.1. The van der Waals surface area contributed by atoms with Gasteiger partial charge >= 0.3 is 11.9 Å². The fraction of sp³-hybridized carbons (Fsp3) is 0.900. The molecule has 3 heteroatoms. The maximum absolute atomic E-state index is 11.3. The van der Waals surface area contributed by atoms with Gasteiger partial charge in [-0.05, 0) is 12.3 Å². The van der Waals surface area contributed by atoms with Crippen molar-refractivity contribution < 1.29 is 14.3 Å². The average molecular weight is 325 g/mol. The summed E-state index contributed by atoms with van der Waals surface area (Å²) < 4.78 is 4.57. The van der Waals surface area contributed by atoms with Crippen LogP contribution in [0.3, 0.4) is 0 Å². The monoisotopic (exact) mass is 324 g/mol. The Morgan fingerprint density at radius 1 is 0.913 bits per heavy atom. The lowest BCUT2D eigenvalue weighted by molar-refractivity contribution is -0.153. The molecule has 3 nitrogen and oxygen atoms in total. The third kappa shape index (κ3) is 9.12. The molecular weight excluding hydrogens is 288 g/mol. The maximum atomic E-state index is 11.3. The van der Waals surface area contributed by atoms with Crippen LogP contribution in [0.5, 0.6) is 0 Å². The average Bonchev–Trinajstić information content (AvgIpc) is 2.85. The molecule has 0 saturated carbocycles. The number of rotatable bonds is 14. The Bertz CT molecular complexity index is 338. The summed E-state index contributed by atoms with van der Waals surface area (Å²) in [6.07, 6.45) is 16.9. The molecule has 0 aromatic rings. The zero-order valence-electron chi connectivity index (χ0n) is 15.3. The van der Waals surface area contributed by atoms with Crippen molar-refractivity contribution in [3.05, 3.63) is 0 Å². The molecule has 0 aromatic carbocycles. The van der Waals surface area contributed by atoms with Crippen molar-refractivity contribution in [2.75, 3.05) is 0 Å². The quantitative estimate of drug-likeness (QED) is 0.230. The number of carbonyl (C=O) groups is 2. The van der Waals surface area contributed by atoms with Crippen LogP contribution in [-0.2, 0) is 14.3 Å². The summed E-state index contributed by atoms with van der Waals surface area (Å²) in [4.78, 5) is 22.3. The predicted octanol–water partition coefficient (Wildman–Crippen LogP) is 5.80. The number of ether oxygens (including phenoxy) is 1. The van der Waals surface area contributed by atoms with Gasteiger partial charge in [0.05, 0.1) is 12.3 Å². The highest BCUT2D eigenvalue weighted by Crippen LogP contribution is 2.23. The molecule has 2 unspecified atom stereocenters. The van der Waals surface area contributed by atoms with Gasteiger partial charge in [-0.1, -0.05) is 90.9 Å². The summed E-state index contributed by atoms with van der Waals surface area (Å²) in [6.45, 7) is 4.61. The van der Waals surface area contributed by atoms with Gasteiger partial charge in [0.1, 0.15) is 0 Å². The largest absolute Gasteiger partial charge is 0.393 e. The molecule has 0 radical (unpaired) electrons. The van der Waals surface area contributed by atoms with E-state index in [-0.39, 0.29) is 17.9 Å². The minimum atomic E-state index is -0.343. The Kier molecular flexibility index (Phi) is 11.0. The van der Waals surface area contributed by atoms with E-state index in [9.17, 15) is 9.59 Å². The minimum absolute atomic E-state index is 0.155. The van der Waals surface area contributed by atoms with Gasteiger partial charge < -0.3 is 4.74 Å². The molecule has 0 aliphatic carbocycles. The van der Waals surface area contributed by atoms with E-state index in [0.29, 0.717) is 6.42 Å². The highest BCUT2D eigenvalue weighted by Gasteiger charge is 2.32. The molecule has 1 fully saturated rings. The molecule has 2 atom stereocenters. The molecule has 0 bridgehead atoms. The van der Waals surface area contributed by atoms with Crippen LogP contribution in [-0.4, -0.2) is 11.9 Å². The molecule has 1 aliphatic rings. The maximum Gasteiger partial charge on any atom is 0.317 e. The Labute approximate surface area is 142 Å². The summed E-state index contributed by atoms with van der Waals surface area (Å²) in [5.41, 5.74) is 0. The Morgan fingerprint density at radius 2 is 1.52 bits per heavy atom. The second-order valence-corrected chi connectivity index (χ2v) is 7.16. The summed E-state index contributed by atoms with van der Waals surface area (Å²) in [6, 6.07) is 0. The highest BCUT2D eigenvalue weighted by atomic mass is 16.6. The van der Waals surface area contributed by atoms with Gasteiger partial charge in [0.25, 0.3) is 0 Å². The van der Waals surface area contributed by atoms with Gasteiger partial charge in [0, 0.05) is 0 Å². The van der Waals surface area contributed by atoms with Crippen molar-refractivity contribution in [1.82, 2.24) is 0 Å². The fourth-order valence-electron chi connectivity index (χ4n) is 3.59. The van der Waals surface area contributed by atoms with E-state index in [0.717, 1.165) is 18.8 Å². The van der Waals surface area contributed by atoms with E-state index in [1.165, 1.54) is 70.6 Å².